The van der Waals surface area contributed by atoms with Crippen molar-refractivity contribution in [2.24, 2.45) is 5.92 Å². The molecule has 0 aliphatic heterocycles. The van der Waals surface area contributed by atoms with Crippen LogP contribution in [0.4, 0.5) is 0 Å². The van der Waals surface area contributed by atoms with E-state index < -0.39 is 5.92 Å². The Morgan fingerprint density at radius 2 is 1.74 bits per heavy atom. The van der Waals surface area contributed by atoms with Crippen molar-refractivity contribution in [2.45, 2.75) is 45.1 Å². The Morgan fingerprint density at radius 1 is 1.11 bits per heavy atom. The van der Waals surface area contributed by atoms with Crippen molar-refractivity contribution in [1.82, 2.24) is 0 Å². The van der Waals surface area contributed by atoms with E-state index in [9.17, 15) is 9.59 Å². The Hall–Kier alpha value is -1.64. The van der Waals surface area contributed by atoms with Crippen LogP contribution in [-0.2, 0) is 9.53 Å². The van der Waals surface area contributed by atoms with Gasteiger partial charge in [0.1, 0.15) is 12.0 Å². The molecule has 0 spiro atoms. The maximum Gasteiger partial charge on any atom is 0.316 e. The predicted octanol–water partition coefficient (Wildman–Crippen LogP) is 3.38. The average molecular weight is 260 g/mol. The summed E-state index contributed by atoms with van der Waals surface area (Å²) in [5, 5.41) is 0. The molecule has 1 aromatic rings. The highest BCUT2D eigenvalue weighted by atomic mass is 16.5. The summed E-state index contributed by atoms with van der Waals surface area (Å²) < 4.78 is 5.44. The van der Waals surface area contributed by atoms with E-state index in [1.54, 1.807) is 31.2 Å². The number of ketones is 1. The predicted molar refractivity (Wildman–Crippen MR) is 72.9 cm³/mol. The molecule has 0 bridgehead atoms. The average Bonchev–Trinajstić information content (AvgIpc) is 2.47. The van der Waals surface area contributed by atoms with Crippen LogP contribution in [0.3, 0.4) is 0 Å². The molecule has 0 N–H and O–H groups in total. The lowest BCUT2D eigenvalue weighted by atomic mass is 9.96. The van der Waals surface area contributed by atoms with Crippen LogP contribution in [0.2, 0.25) is 0 Å². The van der Waals surface area contributed by atoms with Gasteiger partial charge in [0.05, 0.1) is 0 Å². The summed E-state index contributed by atoms with van der Waals surface area (Å²) in [5.41, 5.74) is 0.565. The molecular formula is C16H20O3. The van der Waals surface area contributed by atoms with Crippen LogP contribution in [0, 0.1) is 5.92 Å². The first-order valence-corrected chi connectivity index (χ1v) is 6.98. The van der Waals surface area contributed by atoms with Gasteiger partial charge in [0, 0.05) is 5.56 Å². The van der Waals surface area contributed by atoms with E-state index in [0.29, 0.717) is 5.56 Å². The molecule has 0 aromatic heterocycles. The van der Waals surface area contributed by atoms with Crippen molar-refractivity contribution >= 4 is 11.8 Å². The van der Waals surface area contributed by atoms with E-state index >= 15 is 0 Å². The molecule has 0 heterocycles. The number of esters is 1. The smallest absolute Gasteiger partial charge is 0.316 e. The van der Waals surface area contributed by atoms with Gasteiger partial charge in [-0.05, 0) is 32.6 Å². The fourth-order valence-electron chi connectivity index (χ4n) is 2.41. The summed E-state index contributed by atoms with van der Waals surface area (Å²) in [7, 11) is 0. The minimum absolute atomic E-state index is 0.00673. The summed E-state index contributed by atoms with van der Waals surface area (Å²) in [6, 6.07) is 8.90. The second-order valence-corrected chi connectivity index (χ2v) is 5.15. The van der Waals surface area contributed by atoms with Gasteiger partial charge in [-0.2, -0.15) is 0 Å². The fraction of sp³-hybridized carbons (Fsp3) is 0.500. The van der Waals surface area contributed by atoms with Crippen molar-refractivity contribution in [3.8, 4) is 0 Å². The summed E-state index contributed by atoms with van der Waals surface area (Å²) in [6.07, 6.45) is 5.30. The third-order valence-corrected chi connectivity index (χ3v) is 3.64. The molecule has 1 fully saturated rings. The topological polar surface area (TPSA) is 43.4 Å². The van der Waals surface area contributed by atoms with E-state index in [2.05, 4.69) is 0 Å². The van der Waals surface area contributed by atoms with Crippen molar-refractivity contribution < 1.29 is 14.3 Å². The van der Waals surface area contributed by atoms with Crippen molar-refractivity contribution in [3.05, 3.63) is 35.9 Å². The lowest BCUT2D eigenvalue weighted by molar-refractivity contribution is -0.153. The van der Waals surface area contributed by atoms with Crippen LogP contribution in [0.5, 0.6) is 0 Å². The van der Waals surface area contributed by atoms with Crippen LogP contribution in [0.15, 0.2) is 30.3 Å². The van der Waals surface area contributed by atoms with Crippen LogP contribution >= 0.6 is 0 Å². The molecule has 102 valence electrons. The number of hydrogen-bond donors (Lipinski definition) is 0. The standard InChI is InChI=1S/C16H20O3/c1-12(15(17)13-8-4-2-5-9-13)16(18)19-14-10-6-3-7-11-14/h2,4-5,8-9,12,14H,3,6-7,10-11H2,1H3. The van der Waals surface area contributed by atoms with Gasteiger partial charge >= 0.3 is 5.97 Å². The number of benzene rings is 1. The first kappa shape index (κ1) is 13.8. The second kappa shape index (κ2) is 6.50. The highest BCUT2D eigenvalue weighted by Gasteiger charge is 2.27. The van der Waals surface area contributed by atoms with Gasteiger partial charge in [0.2, 0.25) is 0 Å². The number of ether oxygens (including phenoxy) is 1. The number of carbonyl (C=O) groups excluding carboxylic acids is 2. The zero-order valence-corrected chi connectivity index (χ0v) is 11.3. The van der Waals surface area contributed by atoms with Gasteiger partial charge in [-0.1, -0.05) is 36.8 Å². The number of hydrogen-bond acceptors (Lipinski definition) is 3. The lowest BCUT2D eigenvalue weighted by Crippen LogP contribution is -2.29. The molecule has 1 aliphatic rings. The van der Waals surface area contributed by atoms with Gasteiger partial charge in [-0.15, -0.1) is 0 Å². The van der Waals surface area contributed by atoms with Gasteiger partial charge in [0.25, 0.3) is 0 Å². The zero-order chi connectivity index (χ0) is 13.7. The molecule has 3 heteroatoms. The first-order valence-electron chi connectivity index (χ1n) is 6.98. The maximum absolute atomic E-state index is 12.1. The number of carbonyl (C=O) groups is 2. The largest absolute Gasteiger partial charge is 0.462 e. The molecule has 1 aliphatic carbocycles. The molecule has 2 rings (SSSR count). The molecule has 1 aromatic carbocycles. The lowest BCUT2D eigenvalue weighted by Gasteiger charge is -2.23. The fourth-order valence-corrected chi connectivity index (χ4v) is 2.41. The van der Waals surface area contributed by atoms with Crippen molar-refractivity contribution in [2.75, 3.05) is 0 Å². The third kappa shape index (κ3) is 3.66. The summed E-state index contributed by atoms with van der Waals surface area (Å²) in [5.74, 6) is -1.27. The minimum atomic E-state index is -0.718. The second-order valence-electron chi connectivity index (χ2n) is 5.15. The highest BCUT2D eigenvalue weighted by Crippen LogP contribution is 2.22. The Labute approximate surface area is 114 Å². The Bertz CT molecular complexity index is 433. The van der Waals surface area contributed by atoms with E-state index in [4.69, 9.17) is 4.74 Å². The third-order valence-electron chi connectivity index (χ3n) is 3.64. The maximum atomic E-state index is 12.1. The molecular weight excluding hydrogens is 240 g/mol. The number of rotatable bonds is 4. The van der Waals surface area contributed by atoms with Gasteiger partial charge in [-0.25, -0.2) is 0 Å². The van der Waals surface area contributed by atoms with Crippen LogP contribution < -0.4 is 0 Å². The summed E-state index contributed by atoms with van der Waals surface area (Å²) >= 11 is 0. The van der Waals surface area contributed by atoms with Crippen LogP contribution in [0.25, 0.3) is 0 Å². The minimum Gasteiger partial charge on any atom is -0.462 e. The van der Waals surface area contributed by atoms with Gasteiger partial charge < -0.3 is 4.74 Å². The molecule has 3 nitrogen and oxygen atoms in total. The van der Waals surface area contributed by atoms with E-state index in [0.717, 1.165) is 25.7 Å². The van der Waals surface area contributed by atoms with E-state index in [-0.39, 0.29) is 17.9 Å². The molecule has 0 amide bonds. The highest BCUT2D eigenvalue weighted by molar-refractivity contribution is 6.08. The molecule has 1 atom stereocenters. The number of Topliss-reactive ketones (excluding diaryl/α,β-unsaturated/α-hetero) is 1. The zero-order valence-electron chi connectivity index (χ0n) is 11.3. The van der Waals surface area contributed by atoms with E-state index in [1.807, 2.05) is 6.07 Å². The summed E-state index contributed by atoms with van der Waals surface area (Å²) in [6.45, 7) is 1.63. The molecule has 19 heavy (non-hydrogen) atoms. The Morgan fingerprint density at radius 3 is 2.37 bits per heavy atom. The molecule has 0 saturated heterocycles. The van der Waals surface area contributed by atoms with Gasteiger partial charge in [-0.3, -0.25) is 9.59 Å². The molecule has 1 saturated carbocycles. The molecule has 0 radical (unpaired) electrons. The molecule has 1 unspecified atom stereocenters. The summed E-state index contributed by atoms with van der Waals surface area (Å²) in [4.78, 5) is 24.1. The Balaban J connectivity index is 1.93. The normalized spacial score (nSPS) is 17.7. The Kier molecular flexibility index (Phi) is 4.72. The van der Waals surface area contributed by atoms with E-state index in [1.165, 1.54) is 6.42 Å². The van der Waals surface area contributed by atoms with Gasteiger partial charge in [0.15, 0.2) is 5.78 Å². The van der Waals surface area contributed by atoms with Crippen LogP contribution in [0.1, 0.15) is 49.4 Å². The first-order chi connectivity index (χ1) is 9.18. The SMILES string of the molecule is CC(C(=O)OC1CCCCC1)C(=O)c1ccccc1. The van der Waals surface area contributed by atoms with Crippen molar-refractivity contribution in [1.29, 1.82) is 0 Å². The monoisotopic (exact) mass is 260 g/mol. The quantitative estimate of drug-likeness (QED) is 0.473. The van der Waals surface area contributed by atoms with Crippen molar-refractivity contribution in [3.63, 3.8) is 0 Å². The van der Waals surface area contributed by atoms with Crippen LogP contribution in [-0.4, -0.2) is 17.9 Å².